The highest BCUT2D eigenvalue weighted by Gasteiger charge is 2.26. The Bertz CT molecular complexity index is 640. The van der Waals surface area contributed by atoms with Crippen molar-refractivity contribution >= 4 is 21.8 Å². The third kappa shape index (κ3) is 2.87. The molecule has 21 heavy (non-hydrogen) atoms. The van der Waals surface area contributed by atoms with Gasteiger partial charge in [0.2, 0.25) is 0 Å². The molecule has 2 heterocycles. The van der Waals surface area contributed by atoms with Crippen LogP contribution in [0.25, 0.3) is 11.3 Å². The minimum absolute atomic E-state index is 0.00935. The van der Waals surface area contributed by atoms with Gasteiger partial charge in [0.25, 0.3) is 5.91 Å². The molecule has 1 aromatic heterocycles. The highest BCUT2D eigenvalue weighted by Crippen LogP contribution is 2.29. The third-order valence-electron chi connectivity index (χ3n) is 3.62. The summed E-state index contributed by atoms with van der Waals surface area (Å²) in [5, 5.41) is 10.5. The second kappa shape index (κ2) is 5.99. The molecule has 5 nitrogen and oxygen atoms in total. The van der Waals surface area contributed by atoms with Gasteiger partial charge >= 0.3 is 0 Å². The number of amides is 1. The number of aromatic nitrogens is 2. The summed E-state index contributed by atoms with van der Waals surface area (Å²) in [5.41, 5.74) is 2.26. The van der Waals surface area contributed by atoms with Crippen molar-refractivity contribution in [3.63, 3.8) is 0 Å². The zero-order valence-corrected chi connectivity index (χ0v) is 13.4. The number of piperazine rings is 1. The number of hydrogen-bond donors (Lipinski definition) is 2. The molecule has 0 saturated carbocycles. The molecule has 1 aliphatic rings. The lowest BCUT2D eigenvalue weighted by molar-refractivity contribution is 0.0702. The topological polar surface area (TPSA) is 61.0 Å². The van der Waals surface area contributed by atoms with E-state index in [0.29, 0.717) is 18.3 Å². The Morgan fingerprint density at radius 2 is 2.14 bits per heavy atom. The number of benzene rings is 1. The Kier molecular flexibility index (Phi) is 4.07. The second-order valence-corrected chi connectivity index (χ2v) is 6.03. The summed E-state index contributed by atoms with van der Waals surface area (Å²) in [6.45, 7) is 4.33. The molecule has 0 bridgehead atoms. The van der Waals surface area contributed by atoms with Gasteiger partial charge in [-0.25, -0.2) is 0 Å². The number of nitrogens with one attached hydrogen (secondary N) is 2. The average Bonchev–Trinajstić information content (AvgIpc) is 2.89. The first-order valence-electron chi connectivity index (χ1n) is 6.98. The summed E-state index contributed by atoms with van der Waals surface area (Å²) in [5.74, 6) is -0.00935. The molecule has 1 aliphatic heterocycles. The molecule has 6 heteroatoms. The molecule has 1 amide bonds. The molecule has 1 aromatic carbocycles. The Labute approximate surface area is 131 Å². The van der Waals surface area contributed by atoms with E-state index in [1.165, 1.54) is 0 Å². The van der Waals surface area contributed by atoms with Gasteiger partial charge in [-0.1, -0.05) is 30.3 Å². The predicted octanol–water partition coefficient (Wildman–Crippen LogP) is 2.27. The summed E-state index contributed by atoms with van der Waals surface area (Å²) in [4.78, 5) is 14.5. The highest BCUT2D eigenvalue weighted by atomic mass is 79.9. The Balaban J connectivity index is 1.87. The molecular weight excluding hydrogens is 332 g/mol. The minimum Gasteiger partial charge on any atom is -0.334 e. The molecule has 0 radical (unpaired) electrons. The van der Waals surface area contributed by atoms with Crippen LogP contribution < -0.4 is 5.32 Å². The zero-order valence-electron chi connectivity index (χ0n) is 11.8. The smallest absolute Gasteiger partial charge is 0.273 e. The van der Waals surface area contributed by atoms with E-state index in [1.54, 1.807) is 0 Å². The molecule has 2 aromatic rings. The maximum atomic E-state index is 12.6. The van der Waals surface area contributed by atoms with Gasteiger partial charge < -0.3 is 10.2 Å². The van der Waals surface area contributed by atoms with E-state index >= 15 is 0 Å². The zero-order chi connectivity index (χ0) is 14.8. The summed E-state index contributed by atoms with van der Waals surface area (Å²) in [6.07, 6.45) is 0. The Hall–Kier alpha value is -1.66. The molecule has 1 fully saturated rings. The van der Waals surface area contributed by atoms with Crippen LogP contribution in [0.1, 0.15) is 17.4 Å². The molecular formula is C15H17BrN4O. The van der Waals surface area contributed by atoms with Crippen molar-refractivity contribution in [2.45, 2.75) is 13.0 Å². The van der Waals surface area contributed by atoms with Crippen LogP contribution in [0.2, 0.25) is 0 Å². The fourth-order valence-electron chi connectivity index (χ4n) is 2.53. The van der Waals surface area contributed by atoms with Gasteiger partial charge in [0, 0.05) is 31.2 Å². The van der Waals surface area contributed by atoms with Gasteiger partial charge in [-0.15, -0.1) is 0 Å². The molecule has 1 atom stereocenters. The fraction of sp³-hybridized carbons (Fsp3) is 0.333. The number of H-pyrrole nitrogens is 1. The number of halogens is 1. The quantitative estimate of drug-likeness (QED) is 0.875. The predicted molar refractivity (Wildman–Crippen MR) is 85.1 cm³/mol. The van der Waals surface area contributed by atoms with Crippen LogP contribution in [0.5, 0.6) is 0 Å². The first kappa shape index (κ1) is 14.3. The maximum Gasteiger partial charge on any atom is 0.273 e. The van der Waals surface area contributed by atoms with Gasteiger partial charge in [0.05, 0.1) is 4.47 Å². The van der Waals surface area contributed by atoms with Gasteiger partial charge in [-0.3, -0.25) is 9.89 Å². The number of nitrogens with zero attached hydrogens (tertiary/aromatic N) is 2. The monoisotopic (exact) mass is 348 g/mol. The van der Waals surface area contributed by atoms with Crippen molar-refractivity contribution in [3.8, 4) is 11.3 Å². The summed E-state index contributed by atoms with van der Waals surface area (Å²) in [6, 6.07) is 10.1. The average molecular weight is 349 g/mol. The lowest BCUT2D eigenvalue weighted by atomic mass is 10.1. The van der Waals surface area contributed by atoms with Crippen LogP contribution in [-0.2, 0) is 0 Å². The van der Waals surface area contributed by atoms with Crippen LogP contribution >= 0.6 is 15.9 Å². The molecule has 1 saturated heterocycles. The maximum absolute atomic E-state index is 12.6. The highest BCUT2D eigenvalue weighted by molar-refractivity contribution is 9.10. The van der Waals surface area contributed by atoms with E-state index in [2.05, 4.69) is 38.4 Å². The van der Waals surface area contributed by atoms with E-state index in [0.717, 1.165) is 28.8 Å². The normalized spacial score (nSPS) is 18.8. The standard InChI is InChI=1S/C15H17BrN4O/c1-10-9-20(8-7-17-10)15(21)14-12(16)13(18-19-14)11-5-3-2-4-6-11/h2-6,10,17H,7-9H2,1H3,(H,18,19). The van der Waals surface area contributed by atoms with Crippen LogP contribution in [0, 0.1) is 0 Å². The second-order valence-electron chi connectivity index (χ2n) is 5.23. The van der Waals surface area contributed by atoms with Crippen molar-refractivity contribution in [1.82, 2.24) is 20.4 Å². The lowest BCUT2D eigenvalue weighted by Crippen LogP contribution is -2.51. The van der Waals surface area contributed by atoms with Crippen LogP contribution in [0.4, 0.5) is 0 Å². The number of carbonyl (C=O) groups is 1. The Morgan fingerprint density at radius 1 is 1.38 bits per heavy atom. The van der Waals surface area contributed by atoms with Crippen molar-refractivity contribution in [1.29, 1.82) is 0 Å². The van der Waals surface area contributed by atoms with E-state index in [1.807, 2.05) is 35.2 Å². The summed E-state index contributed by atoms with van der Waals surface area (Å²) < 4.78 is 0.727. The number of carbonyl (C=O) groups excluding carboxylic acids is 1. The van der Waals surface area contributed by atoms with E-state index in [-0.39, 0.29) is 5.91 Å². The van der Waals surface area contributed by atoms with Crippen LogP contribution in [0.3, 0.4) is 0 Å². The number of rotatable bonds is 2. The molecule has 3 rings (SSSR count). The van der Waals surface area contributed by atoms with Crippen molar-refractivity contribution in [2.75, 3.05) is 19.6 Å². The van der Waals surface area contributed by atoms with E-state index < -0.39 is 0 Å². The molecule has 0 aliphatic carbocycles. The van der Waals surface area contributed by atoms with Gasteiger partial charge in [0.15, 0.2) is 0 Å². The van der Waals surface area contributed by atoms with Crippen LogP contribution in [-0.4, -0.2) is 46.7 Å². The molecule has 1 unspecified atom stereocenters. The summed E-state index contributed by atoms with van der Waals surface area (Å²) >= 11 is 3.51. The fourth-order valence-corrected chi connectivity index (χ4v) is 3.11. The summed E-state index contributed by atoms with van der Waals surface area (Å²) in [7, 11) is 0. The first-order valence-corrected chi connectivity index (χ1v) is 7.78. The number of aromatic amines is 1. The Morgan fingerprint density at radius 3 is 2.86 bits per heavy atom. The van der Waals surface area contributed by atoms with Gasteiger partial charge in [0.1, 0.15) is 11.4 Å². The van der Waals surface area contributed by atoms with E-state index in [4.69, 9.17) is 0 Å². The third-order valence-corrected chi connectivity index (χ3v) is 4.40. The van der Waals surface area contributed by atoms with E-state index in [9.17, 15) is 4.79 Å². The van der Waals surface area contributed by atoms with Crippen LogP contribution in [0.15, 0.2) is 34.8 Å². The van der Waals surface area contributed by atoms with Crippen molar-refractivity contribution in [3.05, 3.63) is 40.5 Å². The first-order chi connectivity index (χ1) is 10.2. The van der Waals surface area contributed by atoms with Crippen molar-refractivity contribution in [2.24, 2.45) is 0 Å². The van der Waals surface area contributed by atoms with Gasteiger partial charge in [-0.05, 0) is 22.9 Å². The molecule has 110 valence electrons. The lowest BCUT2D eigenvalue weighted by Gasteiger charge is -2.31. The SMILES string of the molecule is CC1CN(C(=O)c2[nH]nc(-c3ccccc3)c2Br)CCN1. The van der Waals surface area contributed by atoms with Crippen molar-refractivity contribution < 1.29 is 4.79 Å². The molecule has 2 N–H and O–H groups in total. The largest absolute Gasteiger partial charge is 0.334 e. The minimum atomic E-state index is -0.00935. The number of hydrogen-bond acceptors (Lipinski definition) is 3. The molecule has 0 spiro atoms. The van der Waals surface area contributed by atoms with Gasteiger partial charge in [-0.2, -0.15) is 5.10 Å².